The Hall–Kier alpha value is -0.890. The molecule has 0 bridgehead atoms. The van der Waals surface area contributed by atoms with Crippen LogP contribution < -0.4 is 40.0 Å². The van der Waals surface area contributed by atoms with Crippen molar-refractivity contribution in [3.63, 3.8) is 0 Å². The molecule has 8 heteroatoms. The van der Waals surface area contributed by atoms with Gasteiger partial charge in [0.25, 0.3) is 0 Å². The van der Waals surface area contributed by atoms with Gasteiger partial charge in [0.05, 0.1) is 36.5 Å². The standard InChI is InChI=1S/C17H24N4O3.Na/c1-20-15(12(8-19-20)10-2-3-10)9-18-16(22)13-6-7-14(17(23)24)21(13)11-4-5-11;/h8,10-11,13-14H,2-7,9H2,1H3,(H,18,22)(H,23,24);/q;+1/p-1. The van der Waals surface area contributed by atoms with Gasteiger partial charge >= 0.3 is 29.6 Å². The van der Waals surface area contributed by atoms with Gasteiger partial charge in [-0.3, -0.25) is 14.4 Å². The van der Waals surface area contributed by atoms with E-state index in [0.29, 0.717) is 25.3 Å². The first kappa shape index (κ1) is 18.9. The van der Waals surface area contributed by atoms with Gasteiger partial charge in [-0.05, 0) is 50.0 Å². The molecule has 1 N–H and O–H groups in total. The number of carbonyl (C=O) groups is 2. The number of aromatic nitrogens is 2. The summed E-state index contributed by atoms with van der Waals surface area (Å²) in [5.74, 6) is -0.545. The van der Waals surface area contributed by atoms with Crippen LogP contribution in [0.3, 0.4) is 0 Å². The van der Waals surface area contributed by atoms with Gasteiger partial charge in [0.2, 0.25) is 5.91 Å². The van der Waals surface area contributed by atoms with Crippen molar-refractivity contribution in [2.75, 3.05) is 0 Å². The van der Waals surface area contributed by atoms with E-state index in [1.807, 2.05) is 22.8 Å². The molecule has 1 aliphatic heterocycles. The van der Waals surface area contributed by atoms with E-state index in [2.05, 4.69) is 10.4 Å². The van der Waals surface area contributed by atoms with Gasteiger partial charge in [0.15, 0.2) is 0 Å². The van der Waals surface area contributed by atoms with Crippen LogP contribution in [0.15, 0.2) is 6.20 Å². The van der Waals surface area contributed by atoms with E-state index in [4.69, 9.17) is 0 Å². The van der Waals surface area contributed by atoms with Gasteiger partial charge in [-0.2, -0.15) is 5.10 Å². The molecule has 1 aromatic rings. The average molecular weight is 354 g/mol. The van der Waals surface area contributed by atoms with Crippen LogP contribution in [0, 0.1) is 0 Å². The Morgan fingerprint density at radius 2 is 1.88 bits per heavy atom. The number of hydrogen-bond acceptors (Lipinski definition) is 5. The molecule has 2 atom stereocenters. The van der Waals surface area contributed by atoms with Gasteiger partial charge in [-0.25, -0.2) is 0 Å². The molecule has 2 saturated carbocycles. The molecule has 3 aliphatic rings. The predicted octanol–water partition coefficient (Wildman–Crippen LogP) is -3.34. The molecule has 2 aliphatic carbocycles. The largest absolute Gasteiger partial charge is 1.00 e. The Bertz CT molecular complexity index is 669. The fraction of sp³-hybridized carbons (Fsp3) is 0.706. The molecule has 1 aromatic heterocycles. The predicted molar refractivity (Wildman–Crippen MR) is 83.7 cm³/mol. The number of hydrogen-bond donors (Lipinski definition) is 1. The molecule has 4 rings (SSSR count). The van der Waals surface area contributed by atoms with Crippen molar-refractivity contribution < 1.29 is 44.3 Å². The van der Waals surface area contributed by atoms with Gasteiger partial charge < -0.3 is 15.2 Å². The number of carbonyl (C=O) groups excluding carboxylic acids is 2. The molecular formula is C17H23N4NaO3. The van der Waals surface area contributed by atoms with Gasteiger partial charge in [-0.1, -0.05) is 0 Å². The van der Waals surface area contributed by atoms with E-state index >= 15 is 0 Å². The summed E-state index contributed by atoms with van der Waals surface area (Å²) < 4.78 is 1.82. The Labute approximate surface area is 169 Å². The Balaban J connectivity index is 0.00000182. The van der Waals surface area contributed by atoms with E-state index in [1.54, 1.807) is 0 Å². The van der Waals surface area contributed by atoms with E-state index < -0.39 is 12.0 Å². The first-order valence-electron chi connectivity index (χ1n) is 8.83. The SMILES string of the molecule is Cn1ncc(C2CC2)c1CNC(=O)C1CCC(C(=O)[O-])N1C1CC1.[Na+]. The molecule has 7 nitrogen and oxygen atoms in total. The zero-order valence-corrected chi connectivity index (χ0v) is 16.9. The summed E-state index contributed by atoms with van der Waals surface area (Å²) in [7, 11) is 1.89. The second-order valence-corrected chi connectivity index (χ2v) is 7.27. The van der Waals surface area contributed by atoms with Crippen molar-refractivity contribution >= 4 is 11.9 Å². The van der Waals surface area contributed by atoms with Crippen molar-refractivity contribution in [3.05, 3.63) is 17.5 Å². The summed E-state index contributed by atoms with van der Waals surface area (Å²) in [6.07, 6.45) is 7.31. The van der Waals surface area contributed by atoms with Crippen LogP contribution in [-0.2, 0) is 23.2 Å². The first-order valence-corrected chi connectivity index (χ1v) is 8.83. The van der Waals surface area contributed by atoms with E-state index in [9.17, 15) is 14.7 Å². The molecule has 25 heavy (non-hydrogen) atoms. The molecule has 0 aromatic carbocycles. The van der Waals surface area contributed by atoms with Crippen LogP contribution in [0.2, 0.25) is 0 Å². The summed E-state index contributed by atoms with van der Waals surface area (Å²) in [6.45, 7) is 0.451. The number of carboxylic acid groups (broad SMARTS) is 1. The number of carboxylic acids is 1. The molecular weight excluding hydrogens is 331 g/mol. The van der Waals surface area contributed by atoms with Crippen LogP contribution in [0.1, 0.15) is 55.7 Å². The summed E-state index contributed by atoms with van der Waals surface area (Å²) in [4.78, 5) is 25.9. The number of aryl methyl sites for hydroxylation is 1. The molecule has 0 spiro atoms. The Kier molecular flexibility index (Phi) is 5.58. The van der Waals surface area contributed by atoms with Crippen molar-refractivity contribution in [2.45, 2.75) is 69.1 Å². The van der Waals surface area contributed by atoms with E-state index in [0.717, 1.165) is 18.5 Å². The van der Waals surface area contributed by atoms with Gasteiger partial charge in [0.1, 0.15) is 0 Å². The van der Waals surface area contributed by atoms with Crippen molar-refractivity contribution in [1.29, 1.82) is 0 Å². The maximum absolute atomic E-state index is 12.7. The zero-order chi connectivity index (χ0) is 16.8. The Morgan fingerprint density at radius 3 is 2.48 bits per heavy atom. The van der Waals surface area contributed by atoms with Crippen LogP contribution >= 0.6 is 0 Å². The zero-order valence-electron chi connectivity index (χ0n) is 14.9. The number of likely N-dealkylation sites (tertiary alicyclic amines) is 1. The third-order valence-corrected chi connectivity index (χ3v) is 5.52. The summed E-state index contributed by atoms with van der Waals surface area (Å²) in [6, 6.07) is -0.741. The second-order valence-electron chi connectivity index (χ2n) is 7.27. The van der Waals surface area contributed by atoms with Crippen molar-refractivity contribution in [3.8, 4) is 0 Å². The fourth-order valence-electron chi connectivity index (χ4n) is 3.94. The quantitative estimate of drug-likeness (QED) is 0.540. The normalized spacial score (nSPS) is 26.3. The smallest absolute Gasteiger partial charge is 0.548 e. The molecule has 0 radical (unpaired) electrons. The van der Waals surface area contributed by atoms with Crippen LogP contribution in [0.4, 0.5) is 0 Å². The molecule has 1 amide bonds. The summed E-state index contributed by atoms with van der Waals surface area (Å²) >= 11 is 0. The van der Waals surface area contributed by atoms with Crippen molar-refractivity contribution in [1.82, 2.24) is 20.0 Å². The molecule has 1 saturated heterocycles. The minimum absolute atomic E-state index is 0. The minimum Gasteiger partial charge on any atom is -0.548 e. The minimum atomic E-state index is -1.06. The summed E-state index contributed by atoms with van der Waals surface area (Å²) in [5.41, 5.74) is 2.29. The van der Waals surface area contributed by atoms with Gasteiger partial charge in [-0.15, -0.1) is 0 Å². The number of aliphatic carboxylic acids is 1. The molecule has 130 valence electrons. The molecule has 3 fully saturated rings. The maximum Gasteiger partial charge on any atom is 1.00 e. The first-order chi connectivity index (χ1) is 11.6. The summed E-state index contributed by atoms with van der Waals surface area (Å²) in [5, 5.41) is 18.7. The molecule has 2 unspecified atom stereocenters. The number of nitrogens with zero attached hydrogens (tertiary/aromatic N) is 3. The van der Waals surface area contributed by atoms with Crippen LogP contribution in [0.5, 0.6) is 0 Å². The third-order valence-electron chi connectivity index (χ3n) is 5.52. The van der Waals surface area contributed by atoms with Gasteiger partial charge in [0, 0.05) is 13.1 Å². The van der Waals surface area contributed by atoms with Crippen molar-refractivity contribution in [2.24, 2.45) is 7.05 Å². The Morgan fingerprint density at radius 1 is 1.20 bits per heavy atom. The maximum atomic E-state index is 12.7. The van der Waals surface area contributed by atoms with E-state index in [1.165, 1.54) is 18.4 Å². The van der Waals surface area contributed by atoms with E-state index in [-0.39, 0.29) is 47.5 Å². The monoisotopic (exact) mass is 354 g/mol. The molecule has 2 heterocycles. The third kappa shape index (κ3) is 3.79. The number of amides is 1. The fourth-order valence-corrected chi connectivity index (χ4v) is 3.94. The van der Waals surface area contributed by atoms with Crippen LogP contribution in [0.25, 0.3) is 0 Å². The topological polar surface area (TPSA) is 90.3 Å². The average Bonchev–Trinajstić information content (AvgIpc) is 3.48. The second kappa shape index (κ2) is 7.39. The number of rotatable bonds is 6. The number of nitrogens with one attached hydrogen (secondary N) is 1. The van der Waals surface area contributed by atoms with Crippen LogP contribution in [-0.4, -0.2) is 44.7 Å².